The number of hydrogen-bond donors (Lipinski definition) is 0. The van der Waals surface area contributed by atoms with Gasteiger partial charge in [0.1, 0.15) is 0 Å². The van der Waals surface area contributed by atoms with E-state index in [4.69, 9.17) is 23.2 Å². The van der Waals surface area contributed by atoms with Crippen molar-refractivity contribution in [2.24, 2.45) is 0 Å². The maximum absolute atomic E-state index is 12.6. The Morgan fingerprint density at radius 1 is 1.05 bits per heavy atom. The lowest BCUT2D eigenvalue weighted by atomic mass is 10.2. The van der Waals surface area contributed by atoms with Crippen LogP contribution in [0.3, 0.4) is 0 Å². The van der Waals surface area contributed by atoms with E-state index >= 15 is 0 Å². The highest BCUT2D eigenvalue weighted by molar-refractivity contribution is 6.34. The molecule has 118 valence electrons. The topological polar surface area (TPSA) is 46.1 Å². The lowest BCUT2D eigenvalue weighted by Crippen LogP contribution is -2.33. The smallest absolute Gasteiger partial charge is 0.257 e. The zero-order valence-corrected chi connectivity index (χ0v) is 14.3. The largest absolute Gasteiger partial charge is 0.339 e. The van der Waals surface area contributed by atoms with E-state index in [0.29, 0.717) is 5.56 Å². The number of aromatic nitrogens is 2. The highest BCUT2D eigenvalue weighted by atomic mass is 35.5. The first-order valence-corrected chi connectivity index (χ1v) is 8.33. The van der Waals surface area contributed by atoms with Gasteiger partial charge >= 0.3 is 0 Å². The lowest BCUT2D eigenvalue weighted by Gasteiger charge is -2.23. The van der Waals surface area contributed by atoms with Gasteiger partial charge in [-0.15, -0.1) is 10.2 Å². The first-order valence-electron chi connectivity index (χ1n) is 7.58. The van der Waals surface area contributed by atoms with Gasteiger partial charge in [-0.2, -0.15) is 0 Å². The molecule has 0 saturated heterocycles. The summed E-state index contributed by atoms with van der Waals surface area (Å²) in [4.78, 5) is 14.5. The number of nitrogens with zero attached hydrogens (tertiary/aromatic N) is 3. The summed E-state index contributed by atoms with van der Waals surface area (Å²) in [5, 5.41) is 7.65. The summed E-state index contributed by atoms with van der Waals surface area (Å²) < 4.78 is 0. The van der Waals surface area contributed by atoms with Crippen LogP contribution in [-0.2, 0) is 0 Å². The van der Waals surface area contributed by atoms with Crippen LogP contribution in [0.5, 0.6) is 0 Å². The second kappa shape index (κ2) is 9.96. The van der Waals surface area contributed by atoms with Crippen LogP contribution in [0.1, 0.15) is 62.7 Å². The molecule has 4 nitrogen and oxygen atoms in total. The molecule has 0 atom stereocenters. The molecule has 0 unspecified atom stereocenters. The van der Waals surface area contributed by atoms with Crippen molar-refractivity contribution in [1.29, 1.82) is 0 Å². The molecule has 1 heterocycles. The molecule has 0 radical (unpaired) electrons. The monoisotopic (exact) mass is 331 g/mol. The molecule has 6 heteroatoms. The summed E-state index contributed by atoms with van der Waals surface area (Å²) in [6.07, 6.45) is 6.47. The van der Waals surface area contributed by atoms with Crippen molar-refractivity contribution < 1.29 is 4.79 Å². The lowest BCUT2D eigenvalue weighted by molar-refractivity contribution is 0.0749. The van der Waals surface area contributed by atoms with Crippen molar-refractivity contribution in [1.82, 2.24) is 15.1 Å². The van der Waals surface area contributed by atoms with E-state index in [2.05, 4.69) is 24.0 Å². The Morgan fingerprint density at radius 3 is 2.14 bits per heavy atom. The predicted octanol–water partition coefficient (Wildman–Crippen LogP) is 4.61. The number of rotatable bonds is 9. The molecular formula is C15H23Cl2N3O. The average Bonchev–Trinajstić information content (AvgIpc) is 2.48. The molecule has 21 heavy (non-hydrogen) atoms. The van der Waals surface area contributed by atoms with Crippen LogP contribution in [-0.4, -0.2) is 34.1 Å². The summed E-state index contributed by atoms with van der Waals surface area (Å²) in [6, 6.07) is 1.49. The molecule has 1 aromatic rings. The first-order chi connectivity index (χ1) is 10.1. The summed E-state index contributed by atoms with van der Waals surface area (Å²) in [6.45, 7) is 5.78. The Balaban J connectivity index is 2.79. The van der Waals surface area contributed by atoms with E-state index < -0.39 is 0 Å². The molecule has 0 aromatic carbocycles. The fraction of sp³-hybridized carbons (Fsp3) is 0.667. The van der Waals surface area contributed by atoms with Crippen LogP contribution in [0.15, 0.2) is 6.07 Å². The SMILES string of the molecule is CCCCCN(CCCCC)C(=O)c1cc(Cl)nnc1Cl. The number of hydrogen-bond acceptors (Lipinski definition) is 3. The highest BCUT2D eigenvalue weighted by Crippen LogP contribution is 2.18. The van der Waals surface area contributed by atoms with Gasteiger partial charge in [-0.1, -0.05) is 62.7 Å². The maximum Gasteiger partial charge on any atom is 0.257 e. The Morgan fingerprint density at radius 2 is 1.62 bits per heavy atom. The molecular weight excluding hydrogens is 309 g/mol. The molecule has 0 N–H and O–H groups in total. The summed E-state index contributed by atoms with van der Waals surface area (Å²) >= 11 is 11.8. The molecule has 0 aliphatic rings. The fourth-order valence-electron chi connectivity index (χ4n) is 2.09. The third kappa shape index (κ3) is 6.18. The van der Waals surface area contributed by atoms with E-state index in [1.54, 1.807) is 0 Å². The molecule has 0 fully saturated rings. The zero-order chi connectivity index (χ0) is 15.7. The van der Waals surface area contributed by atoms with E-state index in [1.165, 1.54) is 6.07 Å². The van der Waals surface area contributed by atoms with Crippen molar-refractivity contribution in [2.75, 3.05) is 13.1 Å². The molecule has 1 rings (SSSR count). The van der Waals surface area contributed by atoms with Crippen LogP contribution in [0.25, 0.3) is 0 Å². The summed E-state index contributed by atoms with van der Waals surface area (Å²) in [7, 11) is 0. The van der Waals surface area contributed by atoms with Crippen LogP contribution in [0.4, 0.5) is 0 Å². The number of carbonyl (C=O) groups excluding carboxylic acids is 1. The standard InChI is InChI=1S/C15H23Cl2N3O/c1-3-5-7-9-20(10-8-6-4-2)15(21)12-11-13(16)18-19-14(12)17/h11H,3-10H2,1-2H3. The van der Waals surface area contributed by atoms with Gasteiger partial charge in [-0.3, -0.25) is 4.79 Å². The Hall–Kier alpha value is -0.870. The van der Waals surface area contributed by atoms with Crippen LogP contribution in [0, 0.1) is 0 Å². The van der Waals surface area contributed by atoms with Gasteiger partial charge in [0.25, 0.3) is 5.91 Å². The molecule has 0 bridgehead atoms. The van der Waals surface area contributed by atoms with E-state index in [9.17, 15) is 4.79 Å². The van der Waals surface area contributed by atoms with Crippen molar-refractivity contribution >= 4 is 29.1 Å². The van der Waals surface area contributed by atoms with Gasteiger partial charge in [-0.25, -0.2) is 0 Å². The van der Waals surface area contributed by atoms with Gasteiger partial charge in [0.15, 0.2) is 10.3 Å². The van der Waals surface area contributed by atoms with Crippen LogP contribution >= 0.6 is 23.2 Å². The third-order valence-corrected chi connectivity index (χ3v) is 3.76. The Bertz CT molecular complexity index is 445. The molecule has 0 aliphatic carbocycles. The minimum atomic E-state index is -0.107. The molecule has 0 saturated carbocycles. The molecule has 0 spiro atoms. The predicted molar refractivity (Wildman–Crippen MR) is 87.0 cm³/mol. The van der Waals surface area contributed by atoms with Crippen molar-refractivity contribution in [3.63, 3.8) is 0 Å². The number of unbranched alkanes of at least 4 members (excludes halogenated alkanes) is 4. The highest BCUT2D eigenvalue weighted by Gasteiger charge is 2.19. The van der Waals surface area contributed by atoms with Gasteiger partial charge < -0.3 is 4.90 Å². The van der Waals surface area contributed by atoms with Crippen LogP contribution < -0.4 is 0 Å². The second-order valence-corrected chi connectivity index (χ2v) is 5.82. The van der Waals surface area contributed by atoms with Crippen LogP contribution in [0.2, 0.25) is 10.3 Å². The van der Waals surface area contributed by atoms with Gasteiger partial charge in [0.05, 0.1) is 5.56 Å². The van der Waals surface area contributed by atoms with Crippen molar-refractivity contribution in [2.45, 2.75) is 52.4 Å². The number of amides is 1. The van der Waals surface area contributed by atoms with Crippen molar-refractivity contribution in [3.8, 4) is 0 Å². The van der Waals surface area contributed by atoms with Gasteiger partial charge in [0, 0.05) is 13.1 Å². The van der Waals surface area contributed by atoms with Crippen molar-refractivity contribution in [3.05, 3.63) is 21.9 Å². The van der Waals surface area contributed by atoms with Gasteiger partial charge in [0.2, 0.25) is 0 Å². The third-order valence-electron chi connectivity index (χ3n) is 3.30. The number of halogens is 2. The Labute approximate surface area is 136 Å². The summed E-state index contributed by atoms with van der Waals surface area (Å²) in [5.41, 5.74) is 0.338. The first kappa shape index (κ1) is 18.2. The molecule has 1 aromatic heterocycles. The second-order valence-electron chi connectivity index (χ2n) is 5.08. The molecule has 0 aliphatic heterocycles. The minimum Gasteiger partial charge on any atom is -0.339 e. The average molecular weight is 332 g/mol. The maximum atomic E-state index is 12.6. The van der Waals surface area contributed by atoms with Gasteiger partial charge in [-0.05, 0) is 18.9 Å². The quantitative estimate of drug-likeness (QED) is 0.621. The zero-order valence-electron chi connectivity index (χ0n) is 12.7. The summed E-state index contributed by atoms with van der Waals surface area (Å²) in [5.74, 6) is -0.107. The Kier molecular flexibility index (Phi) is 8.62. The fourth-order valence-corrected chi connectivity index (χ4v) is 2.41. The normalized spacial score (nSPS) is 10.7. The molecule has 1 amide bonds. The van der Waals surface area contributed by atoms with E-state index in [0.717, 1.165) is 51.6 Å². The number of carbonyl (C=O) groups is 1. The minimum absolute atomic E-state index is 0.107. The van der Waals surface area contributed by atoms with E-state index in [1.807, 2.05) is 4.90 Å². The van der Waals surface area contributed by atoms with E-state index in [-0.39, 0.29) is 16.2 Å².